The van der Waals surface area contributed by atoms with Crippen LogP contribution in [-0.4, -0.2) is 49.8 Å². The van der Waals surface area contributed by atoms with Crippen LogP contribution in [0, 0.1) is 11.3 Å². The summed E-state index contributed by atoms with van der Waals surface area (Å²) in [5.41, 5.74) is -0.304. The average Bonchev–Trinajstić information content (AvgIpc) is 3.25. The first-order chi connectivity index (χ1) is 9.19. The highest BCUT2D eigenvalue weighted by Gasteiger charge is 2.34. The molecule has 4 heteroatoms. The lowest BCUT2D eigenvalue weighted by molar-refractivity contribution is 0.148. The van der Waals surface area contributed by atoms with Gasteiger partial charge in [0.15, 0.2) is 0 Å². The normalized spacial score (nSPS) is 18.3. The van der Waals surface area contributed by atoms with Gasteiger partial charge in [0.2, 0.25) is 0 Å². The first-order valence-corrected chi connectivity index (χ1v) is 7.60. The quantitative estimate of drug-likeness (QED) is 0.623. The third kappa shape index (κ3) is 5.90. The molecule has 0 saturated heterocycles. The highest BCUT2D eigenvalue weighted by atomic mass is 16.5. The molecule has 1 aliphatic carbocycles. The van der Waals surface area contributed by atoms with E-state index in [-0.39, 0.29) is 5.54 Å². The van der Waals surface area contributed by atoms with Crippen molar-refractivity contribution in [1.82, 2.24) is 10.2 Å². The van der Waals surface area contributed by atoms with Gasteiger partial charge in [0.25, 0.3) is 0 Å². The SMILES string of the molecule is CCN(CCCC(C#N)(CC)NC1CC1)CCOC. The summed E-state index contributed by atoms with van der Waals surface area (Å²) in [5, 5.41) is 13.0. The largest absolute Gasteiger partial charge is 0.383 e. The summed E-state index contributed by atoms with van der Waals surface area (Å²) >= 11 is 0. The van der Waals surface area contributed by atoms with Gasteiger partial charge < -0.3 is 9.64 Å². The molecule has 1 fully saturated rings. The van der Waals surface area contributed by atoms with Gasteiger partial charge in [-0.15, -0.1) is 0 Å². The van der Waals surface area contributed by atoms with Gasteiger partial charge in [-0.05, 0) is 45.2 Å². The van der Waals surface area contributed by atoms with E-state index in [0.29, 0.717) is 6.04 Å². The zero-order valence-electron chi connectivity index (χ0n) is 12.7. The van der Waals surface area contributed by atoms with Crippen molar-refractivity contribution >= 4 is 0 Å². The van der Waals surface area contributed by atoms with Crippen molar-refractivity contribution in [3.63, 3.8) is 0 Å². The van der Waals surface area contributed by atoms with Crippen LogP contribution < -0.4 is 5.32 Å². The highest BCUT2D eigenvalue weighted by Crippen LogP contribution is 2.26. The van der Waals surface area contributed by atoms with Crippen LogP contribution in [0.4, 0.5) is 0 Å². The van der Waals surface area contributed by atoms with E-state index in [9.17, 15) is 5.26 Å². The lowest BCUT2D eigenvalue weighted by Gasteiger charge is -2.28. The van der Waals surface area contributed by atoms with Crippen LogP contribution in [0.3, 0.4) is 0 Å². The second kappa shape index (κ2) is 8.52. The molecule has 0 spiro atoms. The first-order valence-electron chi connectivity index (χ1n) is 7.60. The molecule has 0 heterocycles. The van der Waals surface area contributed by atoms with Gasteiger partial charge in [-0.2, -0.15) is 5.26 Å². The molecule has 1 unspecified atom stereocenters. The molecule has 110 valence electrons. The molecule has 0 aromatic rings. The van der Waals surface area contributed by atoms with Gasteiger partial charge in [-0.25, -0.2) is 0 Å². The van der Waals surface area contributed by atoms with Crippen molar-refractivity contribution in [2.24, 2.45) is 0 Å². The van der Waals surface area contributed by atoms with Crippen LogP contribution in [-0.2, 0) is 4.74 Å². The number of methoxy groups -OCH3 is 1. The Balaban J connectivity index is 2.32. The van der Waals surface area contributed by atoms with E-state index < -0.39 is 0 Å². The van der Waals surface area contributed by atoms with Gasteiger partial charge in [0.1, 0.15) is 5.54 Å². The molecule has 0 aliphatic heterocycles. The number of nitrogens with one attached hydrogen (secondary N) is 1. The molecule has 4 nitrogen and oxygen atoms in total. The fraction of sp³-hybridized carbons (Fsp3) is 0.933. The van der Waals surface area contributed by atoms with E-state index in [1.807, 2.05) is 0 Å². The number of nitrogens with zero attached hydrogens (tertiary/aromatic N) is 2. The maximum atomic E-state index is 9.47. The summed E-state index contributed by atoms with van der Waals surface area (Å²) in [4.78, 5) is 2.39. The van der Waals surface area contributed by atoms with E-state index in [0.717, 1.165) is 45.5 Å². The topological polar surface area (TPSA) is 48.3 Å². The van der Waals surface area contributed by atoms with Gasteiger partial charge in [0.05, 0.1) is 12.7 Å². The predicted molar refractivity (Wildman–Crippen MR) is 78.0 cm³/mol. The zero-order chi connectivity index (χ0) is 14.1. The maximum Gasteiger partial charge on any atom is 0.106 e. The number of hydrogen-bond acceptors (Lipinski definition) is 4. The Morgan fingerprint density at radius 2 is 2.11 bits per heavy atom. The third-order valence-corrected chi connectivity index (χ3v) is 4.01. The molecule has 1 atom stereocenters. The Hall–Kier alpha value is -0.630. The monoisotopic (exact) mass is 267 g/mol. The Bertz CT molecular complexity index is 286. The molecule has 0 bridgehead atoms. The lowest BCUT2D eigenvalue weighted by Crippen LogP contribution is -2.45. The highest BCUT2D eigenvalue weighted by molar-refractivity contribution is 5.09. The van der Waals surface area contributed by atoms with Crippen LogP contribution in [0.5, 0.6) is 0 Å². The van der Waals surface area contributed by atoms with Crippen LogP contribution in [0.15, 0.2) is 0 Å². The number of ether oxygens (including phenoxy) is 1. The average molecular weight is 267 g/mol. The van der Waals surface area contributed by atoms with Crippen molar-refractivity contribution in [1.29, 1.82) is 5.26 Å². The zero-order valence-corrected chi connectivity index (χ0v) is 12.7. The molecule has 0 aromatic heterocycles. The summed E-state index contributed by atoms with van der Waals surface area (Å²) in [5.74, 6) is 0. The summed E-state index contributed by atoms with van der Waals surface area (Å²) in [6, 6.07) is 3.11. The molecular weight excluding hydrogens is 238 g/mol. The van der Waals surface area contributed by atoms with Gasteiger partial charge in [-0.1, -0.05) is 13.8 Å². The summed E-state index contributed by atoms with van der Waals surface area (Å²) in [7, 11) is 1.74. The molecule has 0 radical (unpaired) electrons. The van der Waals surface area contributed by atoms with Crippen LogP contribution in [0.1, 0.15) is 46.0 Å². The van der Waals surface area contributed by atoms with Gasteiger partial charge in [-0.3, -0.25) is 5.32 Å². The minimum atomic E-state index is -0.304. The van der Waals surface area contributed by atoms with E-state index >= 15 is 0 Å². The van der Waals surface area contributed by atoms with Crippen molar-refractivity contribution in [3.05, 3.63) is 0 Å². The Morgan fingerprint density at radius 3 is 2.58 bits per heavy atom. The number of likely N-dealkylation sites (N-methyl/N-ethyl adjacent to an activating group) is 1. The second-order valence-corrected chi connectivity index (χ2v) is 5.50. The maximum absolute atomic E-state index is 9.47. The van der Waals surface area contributed by atoms with Gasteiger partial charge in [0, 0.05) is 19.7 Å². The number of hydrogen-bond donors (Lipinski definition) is 1. The predicted octanol–water partition coefficient (Wildman–Crippen LogP) is 2.16. The molecular formula is C15H29N3O. The van der Waals surface area contributed by atoms with Gasteiger partial charge >= 0.3 is 0 Å². The molecule has 1 N–H and O–H groups in total. The van der Waals surface area contributed by atoms with Crippen molar-refractivity contribution in [2.45, 2.75) is 57.5 Å². The van der Waals surface area contributed by atoms with Crippen molar-refractivity contribution in [2.75, 3.05) is 33.4 Å². The van der Waals surface area contributed by atoms with E-state index in [1.165, 1.54) is 12.8 Å². The standard InChI is InChI=1S/C15H29N3O/c1-4-15(13-16,17-14-7-8-14)9-6-10-18(5-2)11-12-19-3/h14,17H,4-12H2,1-3H3. The van der Waals surface area contributed by atoms with Crippen LogP contribution in [0.2, 0.25) is 0 Å². The summed E-state index contributed by atoms with van der Waals surface area (Å²) in [6.07, 6.45) is 5.37. The number of nitriles is 1. The van der Waals surface area contributed by atoms with Crippen molar-refractivity contribution in [3.8, 4) is 6.07 Å². The minimum Gasteiger partial charge on any atom is -0.383 e. The fourth-order valence-corrected chi connectivity index (χ4v) is 2.39. The Morgan fingerprint density at radius 1 is 1.37 bits per heavy atom. The Kier molecular flexibility index (Phi) is 7.37. The molecule has 0 aromatic carbocycles. The lowest BCUT2D eigenvalue weighted by atomic mass is 9.91. The molecule has 1 rings (SSSR count). The third-order valence-electron chi connectivity index (χ3n) is 4.01. The first kappa shape index (κ1) is 16.4. The second-order valence-electron chi connectivity index (χ2n) is 5.50. The minimum absolute atomic E-state index is 0.304. The van der Waals surface area contributed by atoms with E-state index in [4.69, 9.17) is 4.74 Å². The fourth-order valence-electron chi connectivity index (χ4n) is 2.39. The van der Waals surface area contributed by atoms with Crippen LogP contribution in [0.25, 0.3) is 0 Å². The number of rotatable bonds is 11. The summed E-state index contributed by atoms with van der Waals surface area (Å²) in [6.45, 7) is 8.15. The van der Waals surface area contributed by atoms with Crippen molar-refractivity contribution < 1.29 is 4.74 Å². The Labute approximate surface area is 118 Å². The molecule has 0 amide bonds. The molecule has 1 aliphatic rings. The molecule has 19 heavy (non-hydrogen) atoms. The summed E-state index contributed by atoms with van der Waals surface area (Å²) < 4.78 is 5.12. The van der Waals surface area contributed by atoms with E-state index in [1.54, 1.807) is 7.11 Å². The van der Waals surface area contributed by atoms with Crippen LogP contribution >= 0.6 is 0 Å². The molecule has 1 saturated carbocycles. The smallest absolute Gasteiger partial charge is 0.106 e. The van der Waals surface area contributed by atoms with E-state index in [2.05, 4.69) is 30.1 Å².